The highest BCUT2D eigenvalue weighted by Crippen LogP contribution is 2.55. The number of hydrogen-bond acceptors (Lipinski definition) is 1. The molecule has 1 amide bonds. The molecule has 0 radical (unpaired) electrons. The molecule has 0 heterocycles. The molecule has 1 aromatic carbocycles. The molecule has 0 unspecified atom stereocenters. The van der Waals surface area contributed by atoms with E-state index < -0.39 is 5.82 Å². The van der Waals surface area contributed by atoms with Crippen LogP contribution in [0.2, 0.25) is 0 Å². The summed E-state index contributed by atoms with van der Waals surface area (Å²) in [5, 5.41) is 0. The summed E-state index contributed by atoms with van der Waals surface area (Å²) in [6.07, 6.45) is 6.49. The van der Waals surface area contributed by atoms with Gasteiger partial charge in [0, 0.05) is 13.1 Å². The third kappa shape index (κ3) is 2.09. The van der Waals surface area contributed by atoms with Crippen molar-refractivity contribution < 1.29 is 9.18 Å². The molecule has 4 fully saturated rings. The fourth-order valence-electron chi connectivity index (χ4n) is 5.49. The molecule has 4 bridgehead atoms. The smallest absolute Gasteiger partial charge is 0.256 e. The molecule has 0 atom stereocenters. The van der Waals surface area contributed by atoms with Gasteiger partial charge in [-0.3, -0.25) is 4.79 Å². The van der Waals surface area contributed by atoms with E-state index in [1.54, 1.807) is 18.2 Å². The summed E-state index contributed by atoms with van der Waals surface area (Å²) in [6.45, 7) is 0. The van der Waals surface area contributed by atoms with Crippen molar-refractivity contribution in [2.75, 3.05) is 7.05 Å². The van der Waals surface area contributed by atoms with Gasteiger partial charge in [0.05, 0.1) is 5.56 Å². The summed E-state index contributed by atoms with van der Waals surface area (Å²) in [7, 11) is 1.88. The van der Waals surface area contributed by atoms with Crippen LogP contribution in [0.3, 0.4) is 0 Å². The zero-order chi connectivity index (χ0) is 14.6. The Labute approximate surface area is 125 Å². The van der Waals surface area contributed by atoms with E-state index in [4.69, 9.17) is 0 Å². The Hall–Kier alpha value is -1.38. The van der Waals surface area contributed by atoms with Crippen LogP contribution in [0, 0.1) is 29.5 Å². The molecular formula is C18H22FNO. The first kappa shape index (κ1) is 13.3. The van der Waals surface area contributed by atoms with Crippen molar-refractivity contribution >= 4 is 5.91 Å². The minimum absolute atomic E-state index is 0.148. The van der Waals surface area contributed by atoms with E-state index in [-0.39, 0.29) is 11.5 Å². The summed E-state index contributed by atoms with van der Waals surface area (Å²) >= 11 is 0. The van der Waals surface area contributed by atoms with Crippen LogP contribution >= 0.6 is 0 Å². The molecule has 112 valence electrons. The second-order valence-electron chi connectivity index (χ2n) is 7.32. The van der Waals surface area contributed by atoms with Crippen LogP contribution in [0.25, 0.3) is 0 Å². The average molecular weight is 287 g/mol. The van der Waals surface area contributed by atoms with E-state index >= 15 is 0 Å². The number of amides is 1. The number of nitrogens with zero attached hydrogens (tertiary/aromatic N) is 1. The Balaban J connectivity index is 1.59. The maximum atomic E-state index is 13.9. The van der Waals surface area contributed by atoms with Crippen LogP contribution in [0.5, 0.6) is 0 Å². The lowest BCUT2D eigenvalue weighted by Gasteiger charge is -2.56. The average Bonchev–Trinajstić information content (AvgIpc) is 2.45. The van der Waals surface area contributed by atoms with E-state index in [0.29, 0.717) is 17.9 Å². The Kier molecular flexibility index (Phi) is 3.05. The van der Waals surface area contributed by atoms with Crippen molar-refractivity contribution in [1.29, 1.82) is 0 Å². The quantitative estimate of drug-likeness (QED) is 0.811. The summed E-state index contributed by atoms with van der Waals surface area (Å²) in [5.74, 6) is 2.51. The van der Waals surface area contributed by atoms with Crippen molar-refractivity contribution in [2.24, 2.45) is 23.7 Å². The number of benzene rings is 1. The lowest BCUT2D eigenvalue weighted by molar-refractivity contribution is -0.0492. The van der Waals surface area contributed by atoms with Gasteiger partial charge in [-0.15, -0.1) is 0 Å². The minimum Gasteiger partial charge on any atom is -0.338 e. The summed E-state index contributed by atoms with van der Waals surface area (Å²) in [4.78, 5) is 14.5. The Morgan fingerprint density at radius 1 is 1.05 bits per heavy atom. The van der Waals surface area contributed by atoms with Gasteiger partial charge in [-0.1, -0.05) is 12.1 Å². The van der Waals surface area contributed by atoms with Gasteiger partial charge in [0.2, 0.25) is 0 Å². The monoisotopic (exact) mass is 287 g/mol. The van der Waals surface area contributed by atoms with Gasteiger partial charge in [0.15, 0.2) is 0 Å². The highest BCUT2D eigenvalue weighted by molar-refractivity contribution is 5.94. The minimum atomic E-state index is -0.404. The maximum absolute atomic E-state index is 13.9. The van der Waals surface area contributed by atoms with Gasteiger partial charge in [0.25, 0.3) is 5.91 Å². The lowest BCUT2D eigenvalue weighted by atomic mass is 9.54. The highest BCUT2D eigenvalue weighted by Gasteiger charge is 2.50. The lowest BCUT2D eigenvalue weighted by Crippen LogP contribution is -2.56. The molecule has 0 aromatic heterocycles. The van der Waals surface area contributed by atoms with Gasteiger partial charge >= 0.3 is 0 Å². The van der Waals surface area contributed by atoms with Gasteiger partial charge in [-0.25, -0.2) is 4.39 Å². The predicted octanol–water partition coefficient (Wildman–Crippen LogP) is 3.72. The number of carbonyl (C=O) groups excluding carboxylic acids is 1. The molecule has 21 heavy (non-hydrogen) atoms. The largest absolute Gasteiger partial charge is 0.338 e. The maximum Gasteiger partial charge on any atom is 0.256 e. The van der Waals surface area contributed by atoms with Crippen LogP contribution in [0.1, 0.15) is 42.5 Å². The number of carbonyl (C=O) groups is 1. The zero-order valence-corrected chi connectivity index (χ0v) is 12.5. The van der Waals surface area contributed by atoms with Gasteiger partial charge in [0.1, 0.15) is 5.82 Å². The van der Waals surface area contributed by atoms with Crippen LogP contribution in [-0.2, 0) is 0 Å². The van der Waals surface area contributed by atoms with Gasteiger partial charge in [-0.2, -0.15) is 0 Å². The van der Waals surface area contributed by atoms with Crippen molar-refractivity contribution in [2.45, 2.75) is 38.1 Å². The molecule has 4 saturated carbocycles. The second kappa shape index (κ2) is 4.82. The summed E-state index contributed by atoms with van der Waals surface area (Å²) < 4.78 is 13.9. The van der Waals surface area contributed by atoms with E-state index in [1.165, 1.54) is 38.2 Å². The molecule has 4 aliphatic rings. The standard InChI is InChI=1S/C18H22FNO/c1-20(18(21)15-4-2-3-5-16(15)19)17-13-7-11-6-12(9-13)10-14(17)8-11/h2-5,11-14,17H,6-10H2,1H3. The van der Waals surface area contributed by atoms with Crippen molar-refractivity contribution in [3.8, 4) is 0 Å². The molecule has 5 rings (SSSR count). The number of hydrogen-bond donors (Lipinski definition) is 0. The molecular weight excluding hydrogens is 265 g/mol. The fourth-order valence-corrected chi connectivity index (χ4v) is 5.49. The second-order valence-corrected chi connectivity index (χ2v) is 7.32. The van der Waals surface area contributed by atoms with Crippen molar-refractivity contribution in [3.63, 3.8) is 0 Å². The van der Waals surface area contributed by atoms with E-state index in [2.05, 4.69) is 0 Å². The van der Waals surface area contributed by atoms with Crippen molar-refractivity contribution in [1.82, 2.24) is 4.90 Å². The topological polar surface area (TPSA) is 20.3 Å². The molecule has 0 N–H and O–H groups in total. The van der Waals surface area contributed by atoms with E-state index in [9.17, 15) is 9.18 Å². The molecule has 0 spiro atoms. The zero-order valence-electron chi connectivity index (χ0n) is 12.5. The predicted molar refractivity (Wildman–Crippen MR) is 79.3 cm³/mol. The van der Waals surface area contributed by atoms with Crippen LogP contribution < -0.4 is 0 Å². The summed E-state index contributed by atoms with van der Waals surface area (Å²) in [5.41, 5.74) is 0.216. The number of rotatable bonds is 2. The SMILES string of the molecule is CN(C(=O)c1ccccc1F)C1C2CC3CC(C2)CC1C3. The first-order valence-electron chi connectivity index (χ1n) is 8.15. The van der Waals surface area contributed by atoms with E-state index in [1.807, 2.05) is 11.9 Å². The third-order valence-electron chi connectivity index (χ3n) is 6.05. The van der Waals surface area contributed by atoms with Gasteiger partial charge < -0.3 is 4.90 Å². The molecule has 2 nitrogen and oxygen atoms in total. The Morgan fingerprint density at radius 3 is 2.19 bits per heavy atom. The van der Waals surface area contributed by atoms with E-state index in [0.717, 1.165) is 11.8 Å². The Morgan fingerprint density at radius 2 is 1.62 bits per heavy atom. The number of halogens is 1. The molecule has 0 aliphatic heterocycles. The van der Waals surface area contributed by atoms with Crippen molar-refractivity contribution in [3.05, 3.63) is 35.6 Å². The van der Waals surface area contributed by atoms with Crippen LogP contribution in [-0.4, -0.2) is 23.9 Å². The Bertz CT molecular complexity index is 542. The first-order chi connectivity index (χ1) is 10.1. The van der Waals surface area contributed by atoms with Crippen LogP contribution in [0.15, 0.2) is 24.3 Å². The third-order valence-corrected chi connectivity index (χ3v) is 6.05. The fraction of sp³-hybridized carbons (Fsp3) is 0.611. The van der Waals surface area contributed by atoms with Crippen LogP contribution in [0.4, 0.5) is 4.39 Å². The highest BCUT2D eigenvalue weighted by atomic mass is 19.1. The molecule has 3 heteroatoms. The molecule has 1 aromatic rings. The molecule has 0 saturated heterocycles. The first-order valence-corrected chi connectivity index (χ1v) is 8.15. The normalized spacial score (nSPS) is 36.8. The van der Waals surface area contributed by atoms with Gasteiger partial charge in [-0.05, 0) is 67.9 Å². The molecule has 4 aliphatic carbocycles. The summed E-state index contributed by atoms with van der Waals surface area (Å²) in [6, 6.07) is 6.67.